The van der Waals surface area contributed by atoms with Gasteiger partial charge >= 0.3 is 0 Å². The first-order valence-electron chi connectivity index (χ1n) is 6.50. The van der Waals surface area contributed by atoms with Gasteiger partial charge in [-0.15, -0.1) is 0 Å². The summed E-state index contributed by atoms with van der Waals surface area (Å²) < 4.78 is 0. The Kier molecular flexibility index (Phi) is 6.53. The third kappa shape index (κ3) is 6.52. The van der Waals surface area contributed by atoms with Crippen LogP contribution in [0.1, 0.15) is 12.8 Å². The van der Waals surface area contributed by atoms with Gasteiger partial charge in [0.05, 0.1) is 5.82 Å². The molecule has 19 heavy (non-hydrogen) atoms. The predicted octanol–water partition coefficient (Wildman–Crippen LogP) is 1.35. The van der Waals surface area contributed by atoms with E-state index in [2.05, 4.69) is 24.1 Å². The van der Waals surface area contributed by atoms with Gasteiger partial charge in [-0.1, -0.05) is 30.4 Å². The van der Waals surface area contributed by atoms with Crippen LogP contribution in [0.4, 0.5) is 0 Å². The van der Waals surface area contributed by atoms with E-state index in [1.807, 2.05) is 18.2 Å². The van der Waals surface area contributed by atoms with Gasteiger partial charge in [-0.25, -0.2) is 0 Å². The molecule has 1 rings (SSSR count). The molecule has 0 aromatic heterocycles. The predicted molar refractivity (Wildman–Crippen MR) is 81.8 cm³/mol. The quantitative estimate of drug-likeness (QED) is 0.655. The number of allylic oxidation sites excluding steroid dienone is 5. The molecule has 4 nitrogen and oxygen atoms in total. The van der Waals surface area contributed by atoms with Crippen LogP contribution in [0.3, 0.4) is 0 Å². The molecule has 0 atom stereocenters. The first kappa shape index (κ1) is 15.1. The highest BCUT2D eigenvalue weighted by molar-refractivity contribution is 5.42. The fourth-order valence-electron chi connectivity index (χ4n) is 1.71. The lowest BCUT2D eigenvalue weighted by Crippen LogP contribution is -2.19. The summed E-state index contributed by atoms with van der Waals surface area (Å²) in [6.45, 7) is 2.13. The van der Waals surface area contributed by atoms with Gasteiger partial charge in [-0.05, 0) is 37.6 Å². The molecule has 0 bridgehead atoms. The van der Waals surface area contributed by atoms with Crippen molar-refractivity contribution in [3.8, 4) is 0 Å². The molecule has 0 amide bonds. The van der Waals surface area contributed by atoms with Crippen molar-refractivity contribution in [1.29, 1.82) is 0 Å². The molecule has 1 heterocycles. The zero-order valence-electron chi connectivity index (χ0n) is 11.5. The topological polar surface area (TPSA) is 81.3 Å². The zero-order valence-corrected chi connectivity index (χ0v) is 11.5. The van der Waals surface area contributed by atoms with Crippen LogP contribution in [0.5, 0.6) is 0 Å². The Morgan fingerprint density at radius 3 is 2.47 bits per heavy atom. The van der Waals surface area contributed by atoms with Gasteiger partial charge in [0, 0.05) is 18.8 Å². The second-order valence-corrected chi connectivity index (χ2v) is 4.62. The van der Waals surface area contributed by atoms with E-state index >= 15 is 0 Å². The fraction of sp³-hybridized carbons (Fsp3) is 0.333. The number of nitrogens with zero attached hydrogens (tertiary/aromatic N) is 1. The lowest BCUT2D eigenvalue weighted by Gasteiger charge is -2.13. The van der Waals surface area contributed by atoms with Crippen LogP contribution in [0.25, 0.3) is 0 Å². The van der Waals surface area contributed by atoms with E-state index < -0.39 is 0 Å². The summed E-state index contributed by atoms with van der Waals surface area (Å²) in [5, 5.41) is 0. The van der Waals surface area contributed by atoms with Gasteiger partial charge < -0.3 is 22.1 Å². The van der Waals surface area contributed by atoms with Gasteiger partial charge in [-0.2, -0.15) is 0 Å². The van der Waals surface area contributed by atoms with Crippen molar-refractivity contribution >= 4 is 0 Å². The van der Waals surface area contributed by atoms with Gasteiger partial charge in [0.25, 0.3) is 0 Å². The third-order valence-electron chi connectivity index (χ3n) is 2.85. The Morgan fingerprint density at radius 2 is 1.79 bits per heavy atom. The molecule has 0 unspecified atom stereocenters. The van der Waals surface area contributed by atoms with Crippen molar-refractivity contribution in [3.05, 3.63) is 59.6 Å². The molecule has 0 fully saturated rings. The maximum Gasteiger partial charge on any atom is 0.0934 e. The normalized spacial score (nSPS) is 24.7. The number of hydrogen-bond donors (Lipinski definition) is 3. The molecule has 6 N–H and O–H groups in total. The zero-order chi connectivity index (χ0) is 14.1. The second-order valence-electron chi connectivity index (χ2n) is 4.62. The minimum absolute atomic E-state index is 0.251. The van der Waals surface area contributed by atoms with Gasteiger partial charge in [0.1, 0.15) is 0 Å². The van der Waals surface area contributed by atoms with Crippen LogP contribution in [0.15, 0.2) is 59.6 Å². The maximum atomic E-state index is 6.02. The highest BCUT2D eigenvalue weighted by Crippen LogP contribution is 2.09. The summed E-state index contributed by atoms with van der Waals surface area (Å²) in [6.07, 6.45) is 15.8. The van der Waals surface area contributed by atoms with Crippen molar-refractivity contribution in [1.82, 2.24) is 4.90 Å². The van der Waals surface area contributed by atoms with Crippen molar-refractivity contribution < 1.29 is 0 Å². The lowest BCUT2D eigenvalue weighted by molar-refractivity contribution is 0.348. The SMILES string of the molecule is CN1CC/C=C/C=C(/C(N)=C/C=C(N)N)\C=C\CC1. The summed E-state index contributed by atoms with van der Waals surface area (Å²) in [5.74, 6) is 0.251. The summed E-state index contributed by atoms with van der Waals surface area (Å²) in [4.78, 5) is 2.32. The smallest absolute Gasteiger partial charge is 0.0934 e. The monoisotopic (exact) mass is 260 g/mol. The van der Waals surface area contributed by atoms with Crippen LogP contribution < -0.4 is 17.2 Å². The van der Waals surface area contributed by atoms with Crippen LogP contribution in [-0.2, 0) is 0 Å². The molecule has 4 heteroatoms. The molecule has 0 aromatic rings. The molecule has 0 saturated heterocycles. The van der Waals surface area contributed by atoms with E-state index in [0.717, 1.165) is 31.5 Å². The molecule has 0 radical (unpaired) electrons. The highest BCUT2D eigenvalue weighted by atomic mass is 15.1. The molecule has 1 aliphatic heterocycles. The standard InChI is InChI=1S/C15H24N4/c1-19-11-5-2-3-7-13(8-4-6-12-19)14(16)9-10-15(17)18/h2-4,7-10H,5-6,11-12,16-18H2,1H3/b3-2+,8-4+,13-7+,14-9-. The fourth-order valence-corrected chi connectivity index (χ4v) is 1.71. The molecule has 1 aliphatic rings. The minimum Gasteiger partial charge on any atom is -0.398 e. The van der Waals surface area contributed by atoms with E-state index in [1.54, 1.807) is 12.2 Å². The molecule has 0 aliphatic carbocycles. The molecule has 0 spiro atoms. The van der Waals surface area contributed by atoms with E-state index in [1.165, 1.54) is 0 Å². The van der Waals surface area contributed by atoms with E-state index in [9.17, 15) is 0 Å². The molecular formula is C15H24N4. The summed E-state index contributed by atoms with van der Waals surface area (Å²) in [7, 11) is 2.14. The van der Waals surface area contributed by atoms with E-state index in [-0.39, 0.29) is 5.82 Å². The molecule has 104 valence electrons. The molecular weight excluding hydrogens is 236 g/mol. The Morgan fingerprint density at radius 1 is 1.11 bits per heavy atom. The van der Waals surface area contributed by atoms with Crippen molar-refractivity contribution in [2.75, 3.05) is 20.1 Å². The van der Waals surface area contributed by atoms with Gasteiger partial charge in [-0.3, -0.25) is 0 Å². The maximum absolute atomic E-state index is 6.02. The average Bonchev–Trinajstić information content (AvgIpc) is 2.41. The Balaban J connectivity index is 2.86. The van der Waals surface area contributed by atoms with Crippen molar-refractivity contribution in [2.24, 2.45) is 17.2 Å². The van der Waals surface area contributed by atoms with Gasteiger partial charge in [0.2, 0.25) is 0 Å². The van der Waals surface area contributed by atoms with Gasteiger partial charge in [0.15, 0.2) is 0 Å². The van der Waals surface area contributed by atoms with Crippen molar-refractivity contribution in [2.45, 2.75) is 12.8 Å². The number of hydrogen-bond acceptors (Lipinski definition) is 4. The lowest BCUT2D eigenvalue weighted by atomic mass is 10.1. The first-order chi connectivity index (χ1) is 9.09. The van der Waals surface area contributed by atoms with E-state index in [4.69, 9.17) is 17.2 Å². The van der Waals surface area contributed by atoms with E-state index in [0.29, 0.717) is 5.70 Å². The Bertz CT molecular complexity index is 423. The first-order valence-corrected chi connectivity index (χ1v) is 6.50. The van der Waals surface area contributed by atoms with Crippen LogP contribution in [0.2, 0.25) is 0 Å². The number of nitrogens with two attached hydrogens (primary N) is 3. The number of rotatable bonds is 2. The summed E-state index contributed by atoms with van der Waals surface area (Å²) in [6, 6.07) is 0. The van der Waals surface area contributed by atoms with Crippen LogP contribution in [-0.4, -0.2) is 25.0 Å². The Labute approximate surface area is 115 Å². The highest BCUT2D eigenvalue weighted by Gasteiger charge is 1.98. The molecule has 0 saturated carbocycles. The minimum atomic E-state index is 0.251. The third-order valence-corrected chi connectivity index (χ3v) is 2.85. The largest absolute Gasteiger partial charge is 0.398 e. The van der Waals surface area contributed by atoms with Crippen LogP contribution >= 0.6 is 0 Å². The average molecular weight is 260 g/mol. The van der Waals surface area contributed by atoms with Crippen molar-refractivity contribution in [3.63, 3.8) is 0 Å². The summed E-state index contributed by atoms with van der Waals surface area (Å²) >= 11 is 0. The second kappa shape index (κ2) is 8.21. The summed E-state index contributed by atoms with van der Waals surface area (Å²) in [5.41, 5.74) is 18.4. The Hall–Kier alpha value is -1.94. The molecule has 0 aromatic carbocycles. The van der Waals surface area contributed by atoms with Crippen LogP contribution in [0, 0.1) is 0 Å².